The molecule has 0 aromatic heterocycles. The van der Waals surface area contributed by atoms with Crippen LogP contribution < -0.4 is 5.73 Å². The molecule has 0 aliphatic carbocycles. The molecular weight excluding hydrogens is 198 g/mol. The maximum Gasteiger partial charge on any atom is 0.323 e. The Hall–Kier alpha value is -0.650. The third-order valence-corrected chi connectivity index (χ3v) is 2.55. The van der Waals surface area contributed by atoms with Gasteiger partial charge in [0, 0.05) is 19.8 Å². The number of aliphatic hydroxyl groups excluding tert-OH is 1. The first-order chi connectivity index (χ1) is 7.24. The molecule has 0 bridgehead atoms. The summed E-state index contributed by atoms with van der Waals surface area (Å²) in [5.74, 6) is -0.0282. The highest BCUT2D eigenvalue weighted by Crippen LogP contribution is 2.14. The molecule has 1 heterocycles. The van der Waals surface area contributed by atoms with Crippen LogP contribution in [0.3, 0.4) is 0 Å². The molecule has 1 atom stereocenters. The second-order valence-corrected chi connectivity index (χ2v) is 3.80. The Morgan fingerprint density at radius 3 is 2.80 bits per heavy atom. The molecule has 15 heavy (non-hydrogen) atoms. The summed E-state index contributed by atoms with van der Waals surface area (Å²) in [6.45, 7) is 1.81. The first-order valence-electron chi connectivity index (χ1n) is 5.35. The van der Waals surface area contributed by atoms with Crippen molar-refractivity contribution >= 4 is 5.97 Å². The summed E-state index contributed by atoms with van der Waals surface area (Å²) in [5, 5.41) is 8.60. The minimum Gasteiger partial charge on any atom is -0.464 e. The highest BCUT2D eigenvalue weighted by atomic mass is 16.5. The van der Waals surface area contributed by atoms with E-state index in [0.717, 1.165) is 26.1 Å². The largest absolute Gasteiger partial charge is 0.464 e. The van der Waals surface area contributed by atoms with Gasteiger partial charge in [-0.15, -0.1) is 0 Å². The smallest absolute Gasteiger partial charge is 0.323 e. The Morgan fingerprint density at radius 2 is 2.20 bits per heavy atom. The number of nitrogens with two attached hydrogens (primary N) is 1. The third kappa shape index (κ3) is 4.59. The number of esters is 1. The molecule has 88 valence electrons. The van der Waals surface area contributed by atoms with Crippen LogP contribution in [0, 0.1) is 5.92 Å². The molecule has 1 aliphatic rings. The lowest BCUT2D eigenvalue weighted by Crippen LogP contribution is -2.34. The van der Waals surface area contributed by atoms with E-state index in [-0.39, 0.29) is 13.0 Å². The Kier molecular flexibility index (Phi) is 5.60. The summed E-state index contributed by atoms with van der Waals surface area (Å²) in [5.41, 5.74) is 5.48. The Labute approximate surface area is 89.5 Å². The topological polar surface area (TPSA) is 81.8 Å². The summed E-state index contributed by atoms with van der Waals surface area (Å²) in [4.78, 5) is 11.3. The Bertz CT molecular complexity index is 192. The number of hydrogen-bond donors (Lipinski definition) is 2. The van der Waals surface area contributed by atoms with Gasteiger partial charge in [-0.05, 0) is 25.2 Å². The monoisotopic (exact) mass is 217 g/mol. The predicted octanol–water partition coefficient (Wildman–Crippen LogP) is -0.334. The normalized spacial score (nSPS) is 19.9. The molecular formula is C10H19NO4. The van der Waals surface area contributed by atoms with E-state index >= 15 is 0 Å². The molecule has 3 N–H and O–H groups in total. The minimum absolute atomic E-state index is 0.0897. The zero-order valence-corrected chi connectivity index (χ0v) is 8.85. The maximum atomic E-state index is 11.3. The Balaban J connectivity index is 2.14. The van der Waals surface area contributed by atoms with Crippen molar-refractivity contribution in [3.05, 3.63) is 0 Å². The molecule has 0 saturated carbocycles. The summed E-state index contributed by atoms with van der Waals surface area (Å²) >= 11 is 0. The van der Waals surface area contributed by atoms with E-state index in [1.54, 1.807) is 0 Å². The van der Waals surface area contributed by atoms with Crippen LogP contribution in [0.15, 0.2) is 0 Å². The molecule has 0 amide bonds. The van der Waals surface area contributed by atoms with Crippen LogP contribution in [0.2, 0.25) is 0 Å². The number of rotatable bonds is 5. The van der Waals surface area contributed by atoms with Crippen molar-refractivity contribution in [3.63, 3.8) is 0 Å². The summed E-state index contributed by atoms with van der Waals surface area (Å²) in [6.07, 6.45) is 2.12. The van der Waals surface area contributed by atoms with E-state index in [1.165, 1.54) is 0 Å². The summed E-state index contributed by atoms with van der Waals surface area (Å²) in [7, 11) is 0. The van der Waals surface area contributed by atoms with Crippen LogP contribution in [-0.4, -0.2) is 43.5 Å². The van der Waals surface area contributed by atoms with E-state index in [9.17, 15) is 4.79 Å². The van der Waals surface area contributed by atoms with Gasteiger partial charge in [0.2, 0.25) is 0 Å². The van der Waals surface area contributed by atoms with Crippen LogP contribution in [0.5, 0.6) is 0 Å². The van der Waals surface area contributed by atoms with Gasteiger partial charge in [0.15, 0.2) is 0 Å². The van der Waals surface area contributed by atoms with Crippen molar-refractivity contribution in [2.45, 2.75) is 25.3 Å². The predicted molar refractivity (Wildman–Crippen MR) is 54.2 cm³/mol. The molecule has 0 radical (unpaired) electrons. The third-order valence-electron chi connectivity index (χ3n) is 2.55. The molecule has 5 nitrogen and oxygen atoms in total. The van der Waals surface area contributed by atoms with Crippen molar-refractivity contribution < 1.29 is 19.4 Å². The second kappa shape index (κ2) is 6.76. The lowest BCUT2D eigenvalue weighted by molar-refractivity contribution is -0.147. The van der Waals surface area contributed by atoms with Gasteiger partial charge in [-0.2, -0.15) is 0 Å². The van der Waals surface area contributed by atoms with Gasteiger partial charge < -0.3 is 20.3 Å². The number of aliphatic hydroxyl groups is 1. The van der Waals surface area contributed by atoms with Gasteiger partial charge in [-0.1, -0.05) is 0 Å². The average Bonchev–Trinajstić information content (AvgIpc) is 2.27. The zero-order chi connectivity index (χ0) is 11.1. The van der Waals surface area contributed by atoms with Crippen LogP contribution >= 0.6 is 0 Å². The molecule has 1 saturated heterocycles. The van der Waals surface area contributed by atoms with Gasteiger partial charge in [0.25, 0.3) is 0 Å². The quantitative estimate of drug-likeness (QED) is 0.616. The molecule has 5 heteroatoms. The summed E-state index contributed by atoms with van der Waals surface area (Å²) < 4.78 is 10.3. The van der Waals surface area contributed by atoms with Crippen molar-refractivity contribution in [1.82, 2.24) is 0 Å². The van der Waals surface area contributed by atoms with Crippen molar-refractivity contribution in [1.29, 1.82) is 0 Å². The van der Waals surface area contributed by atoms with Gasteiger partial charge in [-0.25, -0.2) is 0 Å². The van der Waals surface area contributed by atoms with E-state index in [2.05, 4.69) is 0 Å². The highest BCUT2D eigenvalue weighted by molar-refractivity contribution is 5.75. The SMILES string of the molecule is NC(CCO)C(=O)OCC1CCOCC1. The molecule has 1 fully saturated rings. The van der Waals surface area contributed by atoms with Gasteiger partial charge in [-0.3, -0.25) is 4.79 Å². The van der Waals surface area contributed by atoms with Crippen LogP contribution in [-0.2, 0) is 14.3 Å². The zero-order valence-electron chi connectivity index (χ0n) is 8.85. The fourth-order valence-electron chi connectivity index (χ4n) is 1.48. The van der Waals surface area contributed by atoms with E-state index in [4.69, 9.17) is 20.3 Å². The van der Waals surface area contributed by atoms with Gasteiger partial charge in [0.1, 0.15) is 6.04 Å². The van der Waals surface area contributed by atoms with Crippen molar-refractivity contribution in [2.24, 2.45) is 11.7 Å². The van der Waals surface area contributed by atoms with Crippen molar-refractivity contribution in [3.8, 4) is 0 Å². The van der Waals surface area contributed by atoms with E-state index in [0.29, 0.717) is 12.5 Å². The summed E-state index contributed by atoms with van der Waals surface area (Å²) in [6, 6.07) is -0.699. The average molecular weight is 217 g/mol. The van der Waals surface area contributed by atoms with Crippen LogP contribution in [0.25, 0.3) is 0 Å². The second-order valence-electron chi connectivity index (χ2n) is 3.80. The lowest BCUT2D eigenvalue weighted by atomic mass is 10.0. The van der Waals surface area contributed by atoms with E-state index in [1.807, 2.05) is 0 Å². The van der Waals surface area contributed by atoms with Gasteiger partial charge >= 0.3 is 5.97 Å². The van der Waals surface area contributed by atoms with Crippen molar-refractivity contribution in [2.75, 3.05) is 26.4 Å². The fraction of sp³-hybridized carbons (Fsp3) is 0.900. The van der Waals surface area contributed by atoms with Crippen LogP contribution in [0.1, 0.15) is 19.3 Å². The minimum atomic E-state index is -0.699. The number of carbonyl (C=O) groups is 1. The maximum absolute atomic E-state index is 11.3. The molecule has 1 rings (SSSR count). The number of hydrogen-bond acceptors (Lipinski definition) is 5. The lowest BCUT2D eigenvalue weighted by Gasteiger charge is -2.22. The molecule has 1 aliphatic heterocycles. The standard InChI is InChI=1S/C10H19NO4/c11-9(1-4-12)10(13)15-7-8-2-5-14-6-3-8/h8-9,12H,1-7,11H2. The highest BCUT2D eigenvalue weighted by Gasteiger charge is 2.19. The first kappa shape index (κ1) is 12.4. The fourth-order valence-corrected chi connectivity index (χ4v) is 1.48. The molecule has 0 spiro atoms. The molecule has 0 aromatic rings. The Morgan fingerprint density at radius 1 is 1.53 bits per heavy atom. The molecule has 1 unspecified atom stereocenters. The molecule has 0 aromatic carbocycles. The van der Waals surface area contributed by atoms with Gasteiger partial charge in [0.05, 0.1) is 6.61 Å². The number of ether oxygens (including phenoxy) is 2. The first-order valence-corrected chi connectivity index (χ1v) is 5.35. The van der Waals surface area contributed by atoms with Crippen LogP contribution in [0.4, 0.5) is 0 Å². The van der Waals surface area contributed by atoms with E-state index < -0.39 is 12.0 Å². The number of carbonyl (C=O) groups excluding carboxylic acids is 1.